The summed E-state index contributed by atoms with van der Waals surface area (Å²) in [5.74, 6) is -0.651. The molecule has 0 saturated heterocycles. The molecule has 0 aliphatic carbocycles. The molecule has 0 spiro atoms. The van der Waals surface area contributed by atoms with Crippen molar-refractivity contribution >= 4 is 5.97 Å². The molecule has 0 rings (SSSR count). The first-order chi connectivity index (χ1) is 16.7. The molecule has 6 heteroatoms. The predicted molar refractivity (Wildman–Crippen MR) is 149 cm³/mol. The summed E-state index contributed by atoms with van der Waals surface area (Å²) in [6.07, 6.45) is 26.1. The van der Waals surface area contributed by atoms with Crippen molar-refractivity contribution < 1.29 is 9.90 Å². The monoisotopic (exact) mass is 486 g/mol. The van der Waals surface area contributed by atoms with E-state index in [-0.39, 0.29) is 0 Å². The largest absolute Gasteiger partial charge is 0.481 e. The molecule has 0 aliphatic heterocycles. The summed E-state index contributed by atoms with van der Waals surface area (Å²) in [6, 6.07) is 0. The fourth-order valence-electron chi connectivity index (χ4n) is 3.99. The predicted octanol–water partition coefficient (Wildman–Crippen LogP) is 5.98. The van der Waals surface area contributed by atoms with Crippen molar-refractivity contribution in [2.24, 2.45) is 11.5 Å². The molecule has 0 atom stereocenters. The molecule has 206 valence electrons. The number of hydrogen-bond donors (Lipinski definition) is 5. The molecule has 0 aliphatic rings. The van der Waals surface area contributed by atoms with Crippen molar-refractivity contribution in [3.8, 4) is 0 Å². The SMILES string of the molecule is CCCCCCCCCCCCCCCCCCCCCC(=O)O.NCCNCCNCCN. The molecule has 34 heavy (non-hydrogen) atoms. The summed E-state index contributed by atoms with van der Waals surface area (Å²) >= 11 is 0. The number of carbonyl (C=O) groups is 1. The zero-order chi connectivity index (χ0) is 25.4. The number of carboxylic acids is 1. The Morgan fingerprint density at radius 2 is 0.824 bits per heavy atom. The van der Waals surface area contributed by atoms with Gasteiger partial charge in [0, 0.05) is 45.7 Å². The van der Waals surface area contributed by atoms with Crippen LogP contribution >= 0.6 is 0 Å². The Morgan fingerprint density at radius 1 is 0.529 bits per heavy atom. The zero-order valence-corrected chi connectivity index (χ0v) is 22.9. The Bertz CT molecular complexity index is 362. The minimum absolute atomic E-state index is 0.346. The first-order valence-corrected chi connectivity index (χ1v) is 14.7. The van der Waals surface area contributed by atoms with Crippen LogP contribution in [0.3, 0.4) is 0 Å². The second-order valence-corrected chi connectivity index (χ2v) is 9.59. The smallest absolute Gasteiger partial charge is 0.303 e. The lowest BCUT2D eigenvalue weighted by atomic mass is 10.0. The van der Waals surface area contributed by atoms with Crippen LogP contribution < -0.4 is 22.1 Å². The second kappa shape index (κ2) is 34.5. The third kappa shape index (κ3) is 38.6. The van der Waals surface area contributed by atoms with Gasteiger partial charge in [0.2, 0.25) is 0 Å². The lowest BCUT2D eigenvalue weighted by Gasteiger charge is -2.03. The van der Waals surface area contributed by atoms with Crippen LogP contribution in [0.2, 0.25) is 0 Å². The van der Waals surface area contributed by atoms with Gasteiger partial charge in [0.15, 0.2) is 0 Å². The molecule has 0 fully saturated rings. The number of nitrogens with one attached hydrogen (secondary N) is 2. The molecule has 0 amide bonds. The maximum atomic E-state index is 10.4. The van der Waals surface area contributed by atoms with Gasteiger partial charge in [0.1, 0.15) is 0 Å². The summed E-state index contributed by atoms with van der Waals surface area (Å²) < 4.78 is 0. The maximum Gasteiger partial charge on any atom is 0.303 e. The van der Waals surface area contributed by atoms with Crippen LogP contribution in [0.5, 0.6) is 0 Å². The highest BCUT2D eigenvalue weighted by molar-refractivity contribution is 5.66. The van der Waals surface area contributed by atoms with Crippen molar-refractivity contribution in [2.45, 2.75) is 135 Å². The van der Waals surface area contributed by atoms with Crippen LogP contribution in [-0.2, 0) is 4.79 Å². The van der Waals surface area contributed by atoms with Gasteiger partial charge in [-0.3, -0.25) is 4.79 Å². The third-order valence-corrected chi connectivity index (χ3v) is 6.11. The molecule has 0 aromatic rings. The summed E-state index contributed by atoms with van der Waals surface area (Å²) in [6.45, 7) is 7.42. The fraction of sp³-hybridized carbons (Fsp3) is 0.964. The van der Waals surface area contributed by atoms with Crippen molar-refractivity contribution in [1.29, 1.82) is 0 Å². The highest BCUT2D eigenvalue weighted by Gasteiger charge is 1.97. The van der Waals surface area contributed by atoms with Gasteiger partial charge in [-0.25, -0.2) is 0 Å². The Hall–Kier alpha value is -0.690. The van der Waals surface area contributed by atoms with E-state index in [9.17, 15) is 4.79 Å². The fourth-order valence-corrected chi connectivity index (χ4v) is 3.99. The molecule has 0 aromatic heterocycles. The summed E-state index contributed by atoms with van der Waals surface area (Å²) in [7, 11) is 0. The molecule has 0 heterocycles. The lowest BCUT2D eigenvalue weighted by molar-refractivity contribution is -0.137. The van der Waals surface area contributed by atoms with Gasteiger partial charge >= 0.3 is 5.97 Å². The van der Waals surface area contributed by atoms with Crippen molar-refractivity contribution in [1.82, 2.24) is 10.6 Å². The molecule has 6 nitrogen and oxygen atoms in total. The minimum atomic E-state index is -0.651. The van der Waals surface area contributed by atoms with Crippen LogP contribution in [0, 0.1) is 0 Å². The Balaban J connectivity index is 0. The average Bonchev–Trinajstić information content (AvgIpc) is 2.83. The van der Waals surface area contributed by atoms with E-state index in [1.54, 1.807) is 0 Å². The van der Waals surface area contributed by atoms with Crippen molar-refractivity contribution in [2.75, 3.05) is 39.3 Å². The number of rotatable bonds is 27. The van der Waals surface area contributed by atoms with Gasteiger partial charge in [-0.15, -0.1) is 0 Å². The van der Waals surface area contributed by atoms with E-state index < -0.39 is 5.97 Å². The Labute approximate surface area is 212 Å². The summed E-state index contributed by atoms with van der Waals surface area (Å²) in [5.41, 5.74) is 10.5. The highest BCUT2D eigenvalue weighted by atomic mass is 16.4. The van der Waals surface area contributed by atoms with Gasteiger partial charge in [0.25, 0.3) is 0 Å². The minimum Gasteiger partial charge on any atom is -0.481 e. The molecule has 0 unspecified atom stereocenters. The maximum absolute atomic E-state index is 10.4. The van der Waals surface area contributed by atoms with Crippen LogP contribution in [0.4, 0.5) is 0 Å². The number of aliphatic carboxylic acids is 1. The van der Waals surface area contributed by atoms with E-state index in [0.29, 0.717) is 19.5 Å². The standard InChI is InChI=1S/C22H44O2.C6H18N4/c1-2-3-4-5-6-7-8-9-10-11-12-13-14-15-16-17-18-19-20-21-22(23)24;7-1-3-9-5-6-10-4-2-8/h2-21H2,1H3,(H,23,24);9-10H,1-8H2. The first-order valence-electron chi connectivity index (χ1n) is 14.7. The Kier molecular flexibility index (Phi) is 36.0. The molecule has 0 saturated carbocycles. The number of unbranched alkanes of at least 4 members (excludes halogenated alkanes) is 18. The van der Waals surface area contributed by atoms with Crippen molar-refractivity contribution in [3.63, 3.8) is 0 Å². The topological polar surface area (TPSA) is 113 Å². The number of carboxylic acid groups (broad SMARTS) is 1. The van der Waals surface area contributed by atoms with Gasteiger partial charge in [-0.2, -0.15) is 0 Å². The summed E-state index contributed by atoms with van der Waals surface area (Å²) in [4.78, 5) is 10.4. The molecular weight excluding hydrogens is 424 g/mol. The van der Waals surface area contributed by atoms with E-state index >= 15 is 0 Å². The van der Waals surface area contributed by atoms with E-state index in [1.165, 1.54) is 109 Å². The van der Waals surface area contributed by atoms with Crippen LogP contribution in [0.25, 0.3) is 0 Å². The normalized spacial score (nSPS) is 10.8. The lowest BCUT2D eigenvalue weighted by Crippen LogP contribution is -2.32. The van der Waals surface area contributed by atoms with E-state index in [0.717, 1.165) is 39.0 Å². The van der Waals surface area contributed by atoms with Crippen molar-refractivity contribution in [3.05, 3.63) is 0 Å². The third-order valence-electron chi connectivity index (χ3n) is 6.11. The van der Waals surface area contributed by atoms with Crippen LogP contribution in [0.1, 0.15) is 135 Å². The average molecular weight is 487 g/mol. The van der Waals surface area contributed by atoms with Gasteiger partial charge in [0.05, 0.1) is 0 Å². The molecule has 0 aromatic carbocycles. The molecule has 0 bridgehead atoms. The molecular formula is C28H62N4O2. The zero-order valence-electron chi connectivity index (χ0n) is 22.9. The van der Waals surface area contributed by atoms with Crippen LogP contribution in [0.15, 0.2) is 0 Å². The summed E-state index contributed by atoms with van der Waals surface area (Å²) in [5, 5.41) is 14.9. The van der Waals surface area contributed by atoms with E-state index in [2.05, 4.69) is 17.6 Å². The second-order valence-electron chi connectivity index (χ2n) is 9.59. The number of nitrogens with two attached hydrogens (primary N) is 2. The first kappa shape index (κ1) is 35.5. The highest BCUT2D eigenvalue weighted by Crippen LogP contribution is 2.14. The molecule has 7 N–H and O–H groups in total. The van der Waals surface area contributed by atoms with E-state index in [1.807, 2.05) is 0 Å². The number of hydrogen-bond acceptors (Lipinski definition) is 5. The van der Waals surface area contributed by atoms with Crippen LogP contribution in [-0.4, -0.2) is 50.3 Å². The van der Waals surface area contributed by atoms with Gasteiger partial charge < -0.3 is 27.2 Å². The van der Waals surface area contributed by atoms with E-state index in [4.69, 9.17) is 16.6 Å². The molecule has 0 radical (unpaired) electrons. The van der Waals surface area contributed by atoms with Gasteiger partial charge in [-0.05, 0) is 6.42 Å². The Morgan fingerprint density at radius 3 is 1.09 bits per heavy atom. The van der Waals surface area contributed by atoms with Gasteiger partial charge in [-0.1, -0.05) is 122 Å². The quantitative estimate of drug-likeness (QED) is 0.0913.